The highest BCUT2D eigenvalue weighted by atomic mass is 16.5. The third-order valence-corrected chi connectivity index (χ3v) is 6.04. The molecule has 188 valence electrons. The molecule has 1 heterocycles. The molecule has 3 aromatic carbocycles. The predicted molar refractivity (Wildman–Crippen MR) is 138 cm³/mol. The zero-order valence-corrected chi connectivity index (χ0v) is 20.7. The lowest BCUT2D eigenvalue weighted by Gasteiger charge is -2.25. The van der Waals surface area contributed by atoms with E-state index in [4.69, 9.17) is 14.2 Å². The molecule has 0 radical (unpaired) electrons. The molecule has 0 spiro atoms. The van der Waals surface area contributed by atoms with Gasteiger partial charge in [-0.25, -0.2) is 0 Å². The van der Waals surface area contributed by atoms with Gasteiger partial charge in [0.15, 0.2) is 11.5 Å². The molecule has 4 rings (SSSR count). The van der Waals surface area contributed by atoms with Gasteiger partial charge in [-0.3, -0.25) is 14.5 Å². The van der Waals surface area contributed by atoms with Crippen molar-refractivity contribution in [2.45, 2.75) is 19.4 Å². The molecule has 0 aliphatic carbocycles. The number of nitrogens with zero attached hydrogens (tertiary/aromatic N) is 2. The van der Waals surface area contributed by atoms with Crippen molar-refractivity contribution in [3.8, 4) is 23.3 Å². The van der Waals surface area contributed by atoms with Crippen molar-refractivity contribution >= 4 is 23.1 Å². The van der Waals surface area contributed by atoms with Crippen molar-refractivity contribution in [2.75, 3.05) is 25.7 Å². The number of aliphatic hydroxyl groups is 1. The van der Waals surface area contributed by atoms with Crippen molar-refractivity contribution in [1.29, 1.82) is 5.26 Å². The lowest BCUT2D eigenvalue weighted by atomic mass is 9.95. The molecule has 0 aromatic heterocycles. The second-order valence-corrected chi connectivity index (χ2v) is 8.32. The Morgan fingerprint density at radius 3 is 2.24 bits per heavy atom. The number of anilines is 1. The van der Waals surface area contributed by atoms with Gasteiger partial charge in [0.1, 0.15) is 11.5 Å². The van der Waals surface area contributed by atoms with Crippen LogP contribution in [0.1, 0.15) is 36.1 Å². The normalized spacial score (nSPS) is 16.4. The van der Waals surface area contributed by atoms with Gasteiger partial charge in [0.25, 0.3) is 11.7 Å². The lowest BCUT2D eigenvalue weighted by molar-refractivity contribution is -0.132. The van der Waals surface area contributed by atoms with Gasteiger partial charge in [-0.15, -0.1) is 0 Å². The Bertz CT molecular complexity index is 1390. The van der Waals surface area contributed by atoms with Crippen molar-refractivity contribution in [3.63, 3.8) is 0 Å². The Morgan fingerprint density at radius 2 is 1.65 bits per heavy atom. The maximum Gasteiger partial charge on any atom is 0.300 e. The van der Waals surface area contributed by atoms with E-state index >= 15 is 0 Å². The van der Waals surface area contributed by atoms with Gasteiger partial charge in [-0.05, 0) is 66.6 Å². The van der Waals surface area contributed by atoms with E-state index in [-0.39, 0.29) is 11.3 Å². The number of aliphatic hydroxyl groups excluding tert-OH is 1. The number of hydrogen-bond donors (Lipinski definition) is 1. The van der Waals surface area contributed by atoms with Crippen LogP contribution in [0.4, 0.5) is 5.69 Å². The summed E-state index contributed by atoms with van der Waals surface area (Å²) in [6.45, 7) is 2.57. The van der Waals surface area contributed by atoms with E-state index in [2.05, 4.69) is 0 Å². The van der Waals surface area contributed by atoms with Crippen LogP contribution in [0.2, 0.25) is 0 Å². The van der Waals surface area contributed by atoms with Crippen LogP contribution < -0.4 is 19.1 Å². The highest BCUT2D eigenvalue weighted by Gasteiger charge is 2.47. The Labute approximate surface area is 214 Å². The van der Waals surface area contributed by atoms with Crippen molar-refractivity contribution in [3.05, 3.63) is 89.0 Å². The van der Waals surface area contributed by atoms with E-state index in [0.717, 1.165) is 6.42 Å². The summed E-state index contributed by atoms with van der Waals surface area (Å²) in [6, 6.07) is 19.3. The zero-order chi connectivity index (χ0) is 26.5. The third-order valence-electron chi connectivity index (χ3n) is 6.04. The number of carbonyl (C=O) groups is 2. The van der Waals surface area contributed by atoms with Crippen LogP contribution in [0.3, 0.4) is 0 Å². The number of ether oxygens (including phenoxy) is 3. The fraction of sp³-hybridized carbons (Fsp3) is 0.207. The van der Waals surface area contributed by atoms with Crippen LogP contribution in [-0.2, 0) is 9.59 Å². The first kappa shape index (κ1) is 25.3. The summed E-state index contributed by atoms with van der Waals surface area (Å²) in [5, 5.41) is 20.5. The molecule has 8 nitrogen and oxygen atoms in total. The third kappa shape index (κ3) is 4.84. The summed E-state index contributed by atoms with van der Waals surface area (Å²) in [6.07, 6.45) is 0.853. The minimum atomic E-state index is -0.916. The molecule has 1 N–H and O–H groups in total. The van der Waals surface area contributed by atoms with Gasteiger partial charge >= 0.3 is 0 Å². The molecule has 37 heavy (non-hydrogen) atoms. The number of methoxy groups -OCH3 is 2. The number of ketones is 1. The van der Waals surface area contributed by atoms with Crippen LogP contribution in [0, 0.1) is 11.3 Å². The number of nitriles is 1. The van der Waals surface area contributed by atoms with Gasteiger partial charge < -0.3 is 19.3 Å². The summed E-state index contributed by atoms with van der Waals surface area (Å²) >= 11 is 0. The number of Topliss-reactive ketones (excluding diaryl/α,β-unsaturated/α-hetero) is 1. The molecule has 1 aliphatic rings. The molecular formula is C29H26N2O6. The summed E-state index contributed by atoms with van der Waals surface area (Å²) in [7, 11) is 2.96. The quantitative estimate of drug-likeness (QED) is 0.265. The molecule has 1 amide bonds. The molecule has 1 atom stereocenters. The number of rotatable bonds is 8. The van der Waals surface area contributed by atoms with E-state index in [1.54, 1.807) is 66.7 Å². The van der Waals surface area contributed by atoms with E-state index in [1.807, 2.05) is 13.0 Å². The monoisotopic (exact) mass is 498 g/mol. The summed E-state index contributed by atoms with van der Waals surface area (Å²) in [5.74, 6) is -0.485. The minimum Gasteiger partial charge on any atom is -0.507 e. The Morgan fingerprint density at radius 1 is 0.973 bits per heavy atom. The molecule has 1 fully saturated rings. The van der Waals surface area contributed by atoms with Gasteiger partial charge in [-0.1, -0.05) is 19.1 Å². The van der Waals surface area contributed by atoms with E-state index in [9.17, 15) is 20.0 Å². The molecular weight excluding hydrogens is 472 g/mol. The second-order valence-electron chi connectivity index (χ2n) is 8.32. The molecule has 0 saturated carbocycles. The van der Waals surface area contributed by atoms with Gasteiger partial charge in [-0.2, -0.15) is 5.26 Å². The highest BCUT2D eigenvalue weighted by Crippen LogP contribution is 2.43. The summed E-state index contributed by atoms with van der Waals surface area (Å²) in [4.78, 5) is 28.0. The van der Waals surface area contributed by atoms with Gasteiger partial charge in [0.2, 0.25) is 0 Å². The number of hydrogen-bond acceptors (Lipinski definition) is 7. The minimum absolute atomic E-state index is 0.0659. The molecule has 8 heteroatoms. The molecule has 3 aromatic rings. The average Bonchev–Trinajstić information content (AvgIpc) is 3.21. The maximum atomic E-state index is 13.4. The first-order valence-corrected chi connectivity index (χ1v) is 11.7. The van der Waals surface area contributed by atoms with Crippen molar-refractivity contribution in [1.82, 2.24) is 0 Å². The van der Waals surface area contributed by atoms with Crippen molar-refractivity contribution in [2.24, 2.45) is 0 Å². The fourth-order valence-electron chi connectivity index (χ4n) is 4.22. The van der Waals surface area contributed by atoms with Crippen molar-refractivity contribution < 1.29 is 28.9 Å². The Kier molecular flexibility index (Phi) is 7.44. The molecule has 0 bridgehead atoms. The van der Waals surface area contributed by atoms with Crippen LogP contribution in [0.25, 0.3) is 5.76 Å². The Hall–Kier alpha value is -4.77. The summed E-state index contributed by atoms with van der Waals surface area (Å²) in [5.41, 5.74) is 1.67. The second kappa shape index (κ2) is 10.9. The topological polar surface area (TPSA) is 109 Å². The summed E-state index contributed by atoms with van der Waals surface area (Å²) < 4.78 is 16.3. The SMILES string of the molecule is CCCOc1ccc(C2/C(=C(/O)c3ccc(OC)c(OC)c3)C(=O)C(=O)N2c2ccc(C#N)cc2)cc1. The van der Waals surface area contributed by atoms with Crippen LogP contribution in [0.15, 0.2) is 72.3 Å². The van der Waals surface area contributed by atoms with E-state index in [1.165, 1.54) is 19.1 Å². The molecule has 1 unspecified atom stereocenters. The number of benzene rings is 3. The maximum absolute atomic E-state index is 13.4. The number of carbonyl (C=O) groups excluding carboxylic acids is 2. The predicted octanol–water partition coefficient (Wildman–Crippen LogP) is 4.99. The Balaban J connectivity index is 1.88. The zero-order valence-electron chi connectivity index (χ0n) is 20.7. The largest absolute Gasteiger partial charge is 0.507 e. The average molecular weight is 499 g/mol. The fourth-order valence-corrected chi connectivity index (χ4v) is 4.22. The smallest absolute Gasteiger partial charge is 0.300 e. The first-order chi connectivity index (χ1) is 17.9. The lowest BCUT2D eigenvalue weighted by Crippen LogP contribution is -2.29. The molecule has 1 saturated heterocycles. The van der Waals surface area contributed by atoms with Crippen LogP contribution >= 0.6 is 0 Å². The standard InChI is InChI=1S/C29H26N2O6/c1-4-15-37-22-12-7-19(8-13-22)26-25(27(32)20-9-14-23(35-2)24(16-20)36-3)28(33)29(34)31(26)21-10-5-18(17-30)6-11-21/h5-14,16,26,32H,4,15H2,1-3H3/b27-25-. The first-order valence-electron chi connectivity index (χ1n) is 11.7. The van der Waals surface area contributed by atoms with Gasteiger partial charge in [0.05, 0.1) is 44.1 Å². The van der Waals surface area contributed by atoms with E-state index in [0.29, 0.717) is 46.2 Å². The number of amides is 1. The van der Waals surface area contributed by atoms with Crippen LogP contribution in [-0.4, -0.2) is 37.6 Å². The molecule has 1 aliphatic heterocycles. The highest BCUT2D eigenvalue weighted by molar-refractivity contribution is 6.51. The van der Waals surface area contributed by atoms with Gasteiger partial charge in [0, 0.05) is 11.3 Å². The van der Waals surface area contributed by atoms with E-state index < -0.39 is 17.7 Å². The van der Waals surface area contributed by atoms with Crippen LogP contribution in [0.5, 0.6) is 17.2 Å².